The molecule has 1 aromatic carbocycles. The Morgan fingerprint density at radius 1 is 1.29 bits per heavy atom. The van der Waals surface area contributed by atoms with Gasteiger partial charge in [-0.1, -0.05) is 45.0 Å². The maximum atomic E-state index is 11.8. The van der Waals surface area contributed by atoms with E-state index in [9.17, 15) is 4.79 Å². The molecule has 1 aliphatic heterocycles. The number of nitrogens with two attached hydrogens (primary N) is 1. The van der Waals surface area contributed by atoms with Gasteiger partial charge in [-0.25, -0.2) is 4.99 Å². The Hall–Kier alpha value is -1.05. The van der Waals surface area contributed by atoms with Crippen molar-refractivity contribution < 1.29 is 4.79 Å². The summed E-state index contributed by atoms with van der Waals surface area (Å²) in [4.78, 5) is 16.0. The summed E-state index contributed by atoms with van der Waals surface area (Å²) >= 11 is 1.39. The van der Waals surface area contributed by atoms with Gasteiger partial charge in [-0.2, -0.15) is 11.8 Å². The Labute approximate surface area is 137 Å². The zero-order valence-corrected chi connectivity index (χ0v) is 14.4. The minimum Gasteiger partial charge on any atom is -0.330 e. The third-order valence-corrected chi connectivity index (χ3v) is 7.03. The third-order valence-electron chi connectivity index (χ3n) is 3.06. The quantitative estimate of drug-likeness (QED) is 0.612. The van der Waals surface area contributed by atoms with Crippen LogP contribution in [0.2, 0.25) is 0 Å². The maximum absolute atomic E-state index is 11.8. The number of hydrogen-bond acceptors (Lipinski definition) is 3. The van der Waals surface area contributed by atoms with Crippen LogP contribution in [0.4, 0.5) is 0 Å². The highest BCUT2D eigenvalue weighted by atomic mass is 127. The molecule has 1 amide bonds. The fraction of sp³-hybridized carbons (Fsp3) is 0.188. The predicted octanol–water partition coefficient (Wildman–Crippen LogP) is 2.19. The zero-order valence-electron chi connectivity index (χ0n) is 11.4. The van der Waals surface area contributed by atoms with Gasteiger partial charge >= 0.3 is 0 Å². The number of benzene rings is 1. The lowest BCUT2D eigenvalue weighted by molar-refractivity contribution is -0.115. The molecule has 3 nitrogen and oxygen atoms in total. The van der Waals surface area contributed by atoms with E-state index in [0.717, 1.165) is 11.5 Å². The number of fused-ring (bicyclic) bond motifs is 2. The van der Waals surface area contributed by atoms with E-state index in [4.69, 9.17) is 5.73 Å². The lowest BCUT2D eigenvalue weighted by Crippen LogP contribution is -2.08. The molecule has 2 aliphatic rings. The van der Waals surface area contributed by atoms with E-state index in [1.54, 1.807) is 0 Å². The summed E-state index contributed by atoms with van der Waals surface area (Å²) in [7, 11) is 0. The molecule has 2 N–H and O–H groups in total. The first-order valence-corrected chi connectivity index (χ1v) is 10.00. The molecule has 1 aromatic rings. The van der Waals surface area contributed by atoms with Crippen molar-refractivity contribution >= 4 is 49.7 Å². The van der Waals surface area contributed by atoms with Crippen molar-refractivity contribution in [2.75, 3.05) is 18.1 Å². The standard InChI is InChI=1S/C16H15IN2OS/c18-7-8-21-10-16(20)19-11-5-6-13-12-3-1-2-4-14(12)17-15(13)9-11/h1-6,9H,7-8,10,18H2. The van der Waals surface area contributed by atoms with Crippen molar-refractivity contribution in [3.63, 3.8) is 0 Å². The van der Waals surface area contributed by atoms with Crippen LogP contribution >= 0.6 is 32.5 Å². The Kier molecular flexibility index (Phi) is 4.82. The molecule has 0 aromatic heterocycles. The largest absolute Gasteiger partial charge is 0.330 e. The summed E-state index contributed by atoms with van der Waals surface area (Å²) in [6.07, 6.45) is 6.12. The average molecular weight is 410 g/mol. The number of allylic oxidation sites excluding steroid dienone is 4. The van der Waals surface area contributed by atoms with Crippen LogP contribution in [-0.4, -0.2) is 29.7 Å². The summed E-state index contributed by atoms with van der Waals surface area (Å²) in [5.41, 5.74) is 7.50. The van der Waals surface area contributed by atoms with E-state index < -0.39 is 0 Å². The molecular formula is C16H15IN2OS. The monoisotopic (exact) mass is 410 g/mol. The van der Waals surface area contributed by atoms with Gasteiger partial charge in [0.15, 0.2) is 0 Å². The van der Waals surface area contributed by atoms with Gasteiger partial charge in [-0.15, -0.1) is 0 Å². The predicted molar refractivity (Wildman–Crippen MR) is 98.4 cm³/mol. The van der Waals surface area contributed by atoms with Crippen molar-refractivity contribution in [3.05, 3.63) is 54.4 Å². The van der Waals surface area contributed by atoms with Gasteiger partial charge in [0.1, 0.15) is 0 Å². The second kappa shape index (κ2) is 6.81. The summed E-state index contributed by atoms with van der Waals surface area (Å²) in [6.45, 7) is 0.597. The van der Waals surface area contributed by atoms with E-state index in [-0.39, 0.29) is 26.6 Å². The summed E-state index contributed by atoms with van der Waals surface area (Å²) in [6, 6.07) is 8.54. The molecule has 0 unspecified atom stereocenters. The number of halogens is 1. The van der Waals surface area contributed by atoms with Crippen LogP contribution < -0.4 is 11.0 Å². The van der Waals surface area contributed by atoms with E-state index in [2.05, 4.69) is 41.4 Å². The Bertz CT molecular complexity index is 793. The van der Waals surface area contributed by atoms with Crippen LogP contribution in [0.3, 0.4) is 0 Å². The molecule has 0 radical (unpaired) electrons. The highest BCUT2D eigenvalue weighted by Gasteiger charge is 2.14. The van der Waals surface area contributed by atoms with Crippen LogP contribution in [-0.2, 0) is 4.79 Å². The lowest BCUT2D eigenvalue weighted by Gasteiger charge is -2.06. The molecule has 0 saturated carbocycles. The van der Waals surface area contributed by atoms with Crippen LogP contribution in [0, 0.1) is 3.15 Å². The van der Waals surface area contributed by atoms with Crippen LogP contribution in [0.25, 0.3) is 5.57 Å². The van der Waals surface area contributed by atoms with E-state index in [1.807, 2.05) is 6.08 Å². The summed E-state index contributed by atoms with van der Waals surface area (Å²) in [5, 5.41) is 1.34. The minimum atomic E-state index is -0.147. The molecule has 5 heteroatoms. The maximum Gasteiger partial charge on any atom is 0.256 e. The first-order valence-electron chi connectivity index (χ1n) is 6.68. The molecule has 0 spiro atoms. The van der Waals surface area contributed by atoms with Gasteiger partial charge < -0.3 is 5.73 Å². The van der Waals surface area contributed by atoms with Crippen LogP contribution in [0.1, 0.15) is 0 Å². The molecule has 108 valence electrons. The number of amides is 1. The van der Waals surface area contributed by atoms with Crippen molar-refractivity contribution in [2.45, 2.75) is 0 Å². The van der Waals surface area contributed by atoms with E-state index in [0.29, 0.717) is 12.3 Å². The SMILES string of the molecule is NCCSCC(=O)N=C1C=CC2=c3ccccc3=IC2=C1. The summed E-state index contributed by atoms with van der Waals surface area (Å²) < 4.78 is 2.81. The number of carbonyl (C=O) groups is 1. The molecule has 0 saturated heterocycles. The highest BCUT2D eigenvalue weighted by Crippen LogP contribution is 2.33. The molecule has 1 heterocycles. The van der Waals surface area contributed by atoms with Gasteiger partial charge in [0.2, 0.25) is 0 Å². The van der Waals surface area contributed by atoms with E-state index in [1.165, 1.54) is 29.3 Å². The van der Waals surface area contributed by atoms with Gasteiger partial charge in [-0.05, 0) is 29.0 Å². The molecule has 21 heavy (non-hydrogen) atoms. The van der Waals surface area contributed by atoms with Gasteiger partial charge in [0, 0.05) is 19.0 Å². The molecular weight excluding hydrogens is 395 g/mol. The van der Waals surface area contributed by atoms with Gasteiger partial charge in [0.25, 0.3) is 5.91 Å². The number of nitrogens with zero attached hydrogens (tertiary/aromatic N) is 1. The van der Waals surface area contributed by atoms with Crippen molar-refractivity contribution in [2.24, 2.45) is 10.7 Å². The van der Waals surface area contributed by atoms with Crippen molar-refractivity contribution in [3.8, 4) is 0 Å². The Balaban J connectivity index is 1.82. The fourth-order valence-electron chi connectivity index (χ4n) is 2.16. The molecule has 0 fully saturated rings. The Morgan fingerprint density at radius 2 is 2.14 bits per heavy atom. The summed E-state index contributed by atoms with van der Waals surface area (Å²) in [5.74, 6) is 1.12. The van der Waals surface area contributed by atoms with E-state index >= 15 is 0 Å². The molecule has 1 aliphatic carbocycles. The average Bonchev–Trinajstić information content (AvgIpc) is 2.85. The number of carbonyl (C=O) groups excluding carboxylic acids is 1. The molecule has 3 rings (SSSR count). The van der Waals surface area contributed by atoms with Gasteiger partial charge in [0.05, 0.1) is 11.5 Å². The Morgan fingerprint density at radius 3 is 3.00 bits per heavy atom. The number of aliphatic imine (C=N–C) groups is 1. The molecule has 0 bridgehead atoms. The second-order valence-electron chi connectivity index (χ2n) is 4.59. The van der Waals surface area contributed by atoms with Crippen LogP contribution in [0.15, 0.2) is 51.1 Å². The first kappa shape index (κ1) is 14.9. The topological polar surface area (TPSA) is 55.5 Å². The lowest BCUT2D eigenvalue weighted by atomic mass is 10.1. The zero-order chi connectivity index (χ0) is 14.7. The second-order valence-corrected chi connectivity index (χ2v) is 8.55. The smallest absolute Gasteiger partial charge is 0.256 e. The van der Waals surface area contributed by atoms with Gasteiger partial charge in [-0.3, -0.25) is 4.79 Å². The first-order chi connectivity index (χ1) is 10.3. The van der Waals surface area contributed by atoms with Crippen molar-refractivity contribution in [1.29, 1.82) is 0 Å². The fourth-order valence-corrected chi connectivity index (χ4v) is 5.72. The highest BCUT2D eigenvalue weighted by molar-refractivity contribution is 14.2. The minimum absolute atomic E-state index is 0.0814. The number of thioether (sulfide) groups is 1. The molecule has 0 atom stereocenters. The third kappa shape index (κ3) is 3.41. The normalized spacial score (nSPS) is 17.7. The number of rotatable bonds is 4. The number of hydrogen-bond donors (Lipinski definition) is 1. The van der Waals surface area contributed by atoms with Crippen LogP contribution in [0.5, 0.6) is 0 Å². The van der Waals surface area contributed by atoms with Crippen molar-refractivity contribution in [1.82, 2.24) is 0 Å².